The molecule has 8 heteroatoms. The van der Waals surface area contributed by atoms with E-state index in [1.54, 1.807) is 45.4 Å². The second-order valence-electron chi connectivity index (χ2n) is 6.90. The first kappa shape index (κ1) is 24.5. The molecule has 0 aliphatic rings. The van der Waals surface area contributed by atoms with Gasteiger partial charge >= 0.3 is 0 Å². The Balaban J connectivity index is 2.10. The molecule has 0 saturated heterocycles. The van der Waals surface area contributed by atoms with E-state index in [9.17, 15) is 9.59 Å². The number of hydrogen-bond donors (Lipinski definition) is 1. The molecule has 2 amide bonds. The molecular formula is C23H29ClN2O5. The molecule has 2 rings (SSSR count). The van der Waals surface area contributed by atoms with Gasteiger partial charge in [0.05, 0.1) is 12.1 Å². The van der Waals surface area contributed by atoms with Crippen molar-refractivity contribution in [2.45, 2.75) is 25.9 Å². The molecule has 0 heterocycles. The lowest BCUT2D eigenvalue weighted by molar-refractivity contribution is -0.142. The summed E-state index contributed by atoms with van der Waals surface area (Å²) in [6.45, 7) is 2.73. The predicted octanol–water partition coefficient (Wildman–Crippen LogP) is 3.30. The summed E-state index contributed by atoms with van der Waals surface area (Å²) in [4.78, 5) is 27.1. The molecular weight excluding hydrogens is 420 g/mol. The molecule has 168 valence electrons. The van der Waals surface area contributed by atoms with Crippen molar-refractivity contribution >= 4 is 23.4 Å². The quantitative estimate of drug-likeness (QED) is 0.504. The van der Waals surface area contributed by atoms with E-state index in [-0.39, 0.29) is 25.0 Å². The van der Waals surface area contributed by atoms with Crippen LogP contribution in [0.5, 0.6) is 11.5 Å². The Morgan fingerprint density at radius 2 is 1.81 bits per heavy atom. The molecule has 0 aromatic heterocycles. The summed E-state index contributed by atoms with van der Waals surface area (Å²) in [6.07, 6.45) is 0.691. The zero-order valence-corrected chi connectivity index (χ0v) is 18.9. The van der Waals surface area contributed by atoms with Crippen LogP contribution in [0.4, 0.5) is 0 Å². The Hall–Kier alpha value is -2.77. The Bertz CT molecular complexity index is 844. The minimum Gasteiger partial charge on any atom is -0.497 e. The smallest absolute Gasteiger partial charge is 0.261 e. The molecule has 2 aromatic rings. The first-order valence-corrected chi connectivity index (χ1v) is 10.4. The van der Waals surface area contributed by atoms with Crippen LogP contribution in [0.25, 0.3) is 0 Å². The molecule has 0 saturated carbocycles. The summed E-state index contributed by atoms with van der Waals surface area (Å²) in [7, 11) is 3.20. The third-order valence-electron chi connectivity index (χ3n) is 4.69. The Labute approximate surface area is 188 Å². The number of rotatable bonds is 12. The van der Waals surface area contributed by atoms with Crippen molar-refractivity contribution in [1.82, 2.24) is 10.2 Å². The number of halogens is 1. The average molecular weight is 449 g/mol. The third-order valence-corrected chi connectivity index (χ3v) is 5.00. The molecule has 0 bridgehead atoms. The third kappa shape index (κ3) is 7.77. The zero-order valence-electron chi connectivity index (χ0n) is 18.1. The zero-order chi connectivity index (χ0) is 22.6. The standard InChI is InChI=1S/C23H29ClN2O5/c1-17(23(28)25-13-6-14-29-2)26(15-18-9-11-19(30-3)12-10-18)22(27)16-31-21-8-5-4-7-20(21)24/h4-5,7-12,17H,6,13-16H2,1-3H3,(H,25,28)/t17-/m1/s1. The Morgan fingerprint density at radius 1 is 1.10 bits per heavy atom. The van der Waals surface area contributed by atoms with Crippen LogP contribution in [-0.4, -0.2) is 56.7 Å². The summed E-state index contributed by atoms with van der Waals surface area (Å²) >= 11 is 6.11. The van der Waals surface area contributed by atoms with Crippen LogP contribution in [0, 0.1) is 0 Å². The average Bonchev–Trinajstić information content (AvgIpc) is 2.79. The van der Waals surface area contributed by atoms with Gasteiger partial charge in [-0.3, -0.25) is 9.59 Å². The van der Waals surface area contributed by atoms with Crippen molar-refractivity contribution in [3.8, 4) is 11.5 Å². The number of ether oxygens (including phenoxy) is 3. The van der Waals surface area contributed by atoms with Crippen LogP contribution in [0.2, 0.25) is 5.02 Å². The number of benzene rings is 2. The molecule has 0 unspecified atom stereocenters. The highest BCUT2D eigenvalue weighted by Gasteiger charge is 2.26. The van der Waals surface area contributed by atoms with Gasteiger partial charge in [0.1, 0.15) is 17.5 Å². The van der Waals surface area contributed by atoms with Gasteiger partial charge in [0.2, 0.25) is 5.91 Å². The second-order valence-corrected chi connectivity index (χ2v) is 7.31. The summed E-state index contributed by atoms with van der Waals surface area (Å²) in [5.41, 5.74) is 0.867. The van der Waals surface area contributed by atoms with Gasteiger partial charge in [0.15, 0.2) is 6.61 Å². The van der Waals surface area contributed by atoms with Crippen LogP contribution in [0.15, 0.2) is 48.5 Å². The highest BCUT2D eigenvalue weighted by molar-refractivity contribution is 6.32. The highest BCUT2D eigenvalue weighted by Crippen LogP contribution is 2.23. The fourth-order valence-electron chi connectivity index (χ4n) is 2.87. The van der Waals surface area contributed by atoms with Crippen LogP contribution in [0.1, 0.15) is 18.9 Å². The number of nitrogens with zero attached hydrogens (tertiary/aromatic N) is 1. The van der Waals surface area contributed by atoms with Crippen LogP contribution >= 0.6 is 11.6 Å². The SMILES string of the molecule is COCCCNC(=O)[C@@H](C)N(Cc1ccc(OC)cc1)C(=O)COc1ccccc1Cl. The molecule has 0 fully saturated rings. The van der Waals surface area contributed by atoms with E-state index in [4.69, 9.17) is 25.8 Å². The van der Waals surface area contributed by atoms with Gasteiger partial charge in [-0.25, -0.2) is 0 Å². The summed E-state index contributed by atoms with van der Waals surface area (Å²) < 4.78 is 15.8. The molecule has 0 aliphatic carbocycles. The maximum Gasteiger partial charge on any atom is 0.261 e. The number of amides is 2. The van der Waals surface area contributed by atoms with Gasteiger partial charge in [-0.05, 0) is 43.2 Å². The van der Waals surface area contributed by atoms with E-state index in [0.717, 1.165) is 5.56 Å². The Kier molecular flexibility index (Phi) is 10.1. The van der Waals surface area contributed by atoms with Gasteiger partial charge in [-0.15, -0.1) is 0 Å². The predicted molar refractivity (Wildman–Crippen MR) is 119 cm³/mol. The molecule has 0 aliphatic heterocycles. The van der Waals surface area contributed by atoms with Crippen LogP contribution in [0.3, 0.4) is 0 Å². The van der Waals surface area contributed by atoms with Crippen molar-refractivity contribution in [1.29, 1.82) is 0 Å². The van der Waals surface area contributed by atoms with E-state index < -0.39 is 6.04 Å². The van der Waals surface area contributed by atoms with Gasteiger partial charge in [0, 0.05) is 26.8 Å². The van der Waals surface area contributed by atoms with E-state index in [1.165, 1.54) is 4.90 Å². The monoisotopic (exact) mass is 448 g/mol. The van der Waals surface area contributed by atoms with Crippen molar-refractivity contribution < 1.29 is 23.8 Å². The summed E-state index contributed by atoms with van der Waals surface area (Å²) in [6, 6.07) is 13.6. The molecule has 2 aromatic carbocycles. The van der Waals surface area contributed by atoms with Crippen LogP contribution in [-0.2, 0) is 20.9 Å². The maximum absolute atomic E-state index is 13.0. The molecule has 0 radical (unpaired) electrons. The summed E-state index contributed by atoms with van der Waals surface area (Å²) in [5.74, 6) is 0.567. The fraction of sp³-hybridized carbons (Fsp3) is 0.391. The Morgan fingerprint density at radius 3 is 2.45 bits per heavy atom. The molecule has 31 heavy (non-hydrogen) atoms. The number of para-hydroxylation sites is 1. The lowest BCUT2D eigenvalue weighted by Gasteiger charge is -2.29. The lowest BCUT2D eigenvalue weighted by Crippen LogP contribution is -2.49. The minimum atomic E-state index is -0.688. The number of hydrogen-bond acceptors (Lipinski definition) is 5. The number of carbonyl (C=O) groups excluding carboxylic acids is 2. The largest absolute Gasteiger partial charge is 0.497 e. The van der Waals surface area contributed by atoms with Gasteiger partial charge in [-0.1, -0.05) is 35.9 Å². The number of carbonyl (C=O) groups is 2. The van der Waals surface area contributed by atoms with E-state index >= 15 is 0 Å². The normalized spacial score (nSPS) is 11.5. The van der Waals surface area contributed by atoms with Crippen molar-refractivity contribution in [2.24, 2.45) is 0 Å². The van der Waals surface area contributed by atoms with Gasteiger partial charge in [-0.2, -0.15) is 0 Å². The molecule has 0 spiro atoms. The molecule has 7 nitrogen and oxygen atoms in total. The maximum atomic E-state index is 13.0. The van der Waals surface area contributed by atoms with Crippen LogP contribution < -0.4 is 14.8 Å². The van der Waals surface area contributed by atoms with E-state index in [0.29, 0.717) is 36.1 Å². The lowest BCUT2D eigenvalue weighted by atomic mass is 10.1. The summed E-state index contributed by atoms with van der Waals surface area (Å²) in [5, 5.41) is 3.26. The topological polar surface area (TPSA) is 77.1 Å². The number of nitrogens with one attached hydrogen (secondary N) is 1. The van der Waals surface area contributed by atoms with E-state index in [1.807, 2.05) is 24.3 Å². The molecule has 1 atom stereocenters. The van der Waals surface area contributed by atoms with Gasteiger partial charge < -0.3 is 24.4 Å². The van der Waals surface area contributed by atoms with Crippen molar-refractivity contribution in [3.63, 3.8) is 0 Å². The fourth-order valence-corrected chi connectivity index (χ4v) is 3.06. The van der Waals surface area contributed by atoms with Crippen molar-refractivity contribution in [2.75, 3.05) is 34.0 Å². The van der Waals surface area contributed by atoms with E-state index in [2.05, 4.69) is 5.32 Å². The highest BCUT2D eigenvalue weighted by atomic mass is 35.5. The minimum absolute atomic E-state index is 0.235. The molecule has 1 N–H and O–H groups in total. The first-order valence-electron chi connectivity index (χ1n) is 10.0. The first-order chi connectivity index (χ1) is 15.0. The second kappa shape index (κ2) is 12.8. The van der Waals surface area contributed by atoms with Gasteiger partial charge in [0.25, 0.3) is 5.91 Å². The van der Waals surface area contributed by atoms with Crippen molar-refractivity contribution in [3.05, 3.63) is 59.1 Å². The number of methoxy groups -OCH3 is 2.